The summed E-state index contributed by atoms with van der Waals surface area (Å²) in [5.41, 5.74) is 2.03. The van der Waals surface area contributed by atoms with Crippen molar-refractivity contribution in [3.05, 3.63) is 35.5 Å². The highest BCUT2D eigenvalue weighted by Gasteiger charge is 2.19. The maximum absolute atomic E-state index is 9.46. The van der Waals surface area contributed by atoms with Gasteiger partial charge in [-0.15, -0.1) is 11.3 Å². The molecule has 1 aliphatic rings. The van der Waals surface area contributed by atoms with Gasteiger partial charge in [0.15, 0.2) is 0 Å². The highest BCUT2D eigenvalue weighted by Crippen LogP contribution is 2.21. The van der Waals surface area contributed by atoms with E-state index < -0.39 is 0 Å². The number of aliphatic hydroxyl groups excluding tert-OH is 1. The third kappa shape index (κ3) is 5.08. The van der Waals surface area contributed by atoms with Crippen molar-refractivity contribution < 1.29 is 5.11 Å². The zero-order valence-electron chi connectivity index (χ0n) is 14.2. The Kier molecular flexibility index (Phi) is 6.31. The van der Waals surface area contributed by atoms with Crippen LogP contribution in [0.5, 0.6) is 0 Å². The molecule has 1 aliphatic heterocycles. The summed E-state index contributed by atoms with van der Waals surface area (Å²) in [6.45, 7) is 6.71. The number of hydrogen-bond donors (Lipinski definition) is 2. The van der Waals surface area contributed by atoms with Crippen LogP contribution in [0, 0.1) is 5.92 Å². The Morgan fingerprint density at radius 2 is 2.21 bits per heavy atom. The number of likely N-dealkylation sites (tertiary alicyclic amines) is 1. The van der Waals surface area contributed by atoms with E-state index in [1.54, 1.807) is 17.5 Å². The van der Waals surface area contributed by atoms with E-state index in [1.165, 1.54) is 12.8 Å². The van der Waals surface area contributed by atoms with Crippen molar-refractivity contribution in [2.75, 3.05) is 26.2 Å². The van der Waals surface area contributed by atoms with Crippen molar-refractivity contribution in [1.29, 1.82) is 0 Å². The second kappa shape index (κ2) is 8.67. The van der Waals surface area contributed by atoms with Gasteiger partial charge in [0.25, 0.3) is 0 Å². The summed E-state index contributed by atoms with van der Waals surface area (Å²) in [6.07, 6.45) is 3.99. The molecule has 1 fully saturated rings. The van der Waals surface area contributed by atoms with Gasteiger partial charge in [-0.05, 0) is 57.5 Å². The van der Waals surface area contributed by atoms with Crippen molar-refractivity contribution in [1.82, 2.24) is 20.2 Å². The second-order valence-electron chi connectivity index (χ2n) is 6.58. The largest absolute Gasteiger partial charge is 0.392 e. The van der Waals surface area contributed by atoms with Crippen molar-refractivity contribution >= 4 is 11.3 Å². The van der Waals surface area contributed by atoms with Gasteiger partial charge < -0.3 is 15.3 Å². The third-order valence-corrected chi connectivity index (χ3v) is 5.32. The van der Waals surface area contributed by atoms with Gasteiger partial charge in [0.2, 0.25) is 0 Å². The molecule has 2 aromatic heterocycles. The van der Waals surface area contributed by atoms with Crippen LogP contribution in [0.15, 0.2) is 29.8 Å². The second-order valence-corrected chi connectivity index (χ2v) is 7.44. The van der Waals surface area contributed by atoms with Crippen molar-refractivity contribution in [3.8, 4) is 10.7 Å². The Morgan fingerprint density at radius 1 is 1.38 bits per heavy atom. The maximum atomic E-state index is 9.46. The average molecular weight is 347 g/mol. The number of pyridine rings is 1. The molecule has 24 heavy (non-hydrogen) atoms. The van der Waals surface area contributed by atoms with Crippen molar-refractivity contribution in [2.45, 2.75) is 32.4 Å². The first-order valence-electron chi connectivity index (χ1n) is 8.67. The van der Waals surface area contributed by atoms with E-state index in [4.69, 9.17) is 0 Å². The zero-order valence-corrected chi connectivity index (χ0v) is 15.0. The normalized spacial score (nSPS) is 17.9. The lowest BCUT2D eigenvalue weighted by molar-refractivity contribution is 0.0998. The predicted octanol–water partition coefficient (Wildman–Crippen LogP) is 2.39. The van der Waals surface area contributed by atoms with Gasteiger partial charge in [0.05, 0.1) is 17.5 Å². The molecule has 5 nitrogen and oxygen atoms in total. The molecule has 2 N–H and O–H groups in total. The molecule has 3 rings (SSSR count). The van der Waals surface area contributed by atoms with Crippen LogP contribution in [0.25, 0.3) is 10.7 Å². The monoisotopic (exact) mass is 346 g/mol. The molecule has 130 valence electrons. The molecule has 0 amide bonds. The van der Waals surface area contributed by atoms with Crippen LogP contribution in [0.3, 0.4) is 0 Å². The molecule has 0 aromatic carbocycles. The topological polar surface area (TPSA) is 61.3 Å². The quantitative estimate of drug-likeness (QED) is 0.806. The lowest BCUT2D eigenvalue weighted by Gasteiger charge is -2.32. The summed E-state index contributed by atoms with van der Waals surface area (Å²) >= 11 is 1.65. The SMILES string of the molecule is C[C@@H](O)CN1CCC(CNCc2csc(-c3ccccn3)n2)CC1. The Labute approximate surface area is 147 Å². The zero-order chi connectivity index (χ0) is 16.8. The first-order valence-corrected chi connectivity index (χ1v) is 9.55. The minimum absolute atomic E-state index is 0.224. The fourth-order valence-corrected chi connectivity index (χ4v) is 3.94. The van der Waals surface area contributed by atoms with Crippen LogP contribution >= 0.6 is 11.3 Å². The van der Waals surface area contributed by atoms with Gasteiger partial charge in [-0.1, -0.05) is 6.07 Å². The van der Waals surface area contributed by atoms with Gasteiger partial charge in [0, 0.05) is 24.7 Å². The molecule has 0 aliphatic carbocycles. The number of hydrogen-bond acceptors (Lipinski definition) is 6. The van der Waals surface area contributed by atoms with Gasteiger partial charge >= 0.3 is 0 Å². The van der Waals surface area contributed by atoms with Crippen LogP contribution < -0.4 is 5.32 Å². The number of nitrogens with zero attached hydrogens (tertiary/aromatic N) is 3. The van der Waals surface area contributed by atoms with E-state index >= 15 is 0 Å². The summed E-state index contributed by atoms with van der Waals surface area (Å²) in [4.78, 5) is 11.4. The molecule has 1 atom stereocenters. The summed E-state index contributed by atoms with van der Waals surface area (Å²) in [5.74, 6) is 0.726. The molecular formula is C18H26N4OS. The smallest absolute Gasteiger partial charge is 0.142 e. The molecule has 2 aromatic rings. The number of β-amino-alcohol motifs (C(OH)–C–C–N with tert-alkyl or cyclic N) is 1. The Bertz CT molecular complexity index is 608. The average Bonchev–Trinajstić information content (AvgIpc) is 3.06. The fourth-order valence-electron chi connectivity index (χ4n) is 3.15. The standard InChI is InChI=1S/C18H26N4OS/c1-14(23)12-22-8-5-15(6-9-22)10-19-11-16-13-24-18(21-16)17-4-2-3-7-20-17/h2-4,7,13-15,19,23H,5-6,8-12H2,1H3/t14-/m1/s1. The van der Waals surface area contributed by atoms with Gasteiger partial charge in [-0.2, -0.15) is 0 Å². The van der Waals surface area contributed by atoms with Gasteiger partial charge in [-0.3, -0.25) is 4.98 Å². The molecule has 6 heteroatoms. The van der Waals surface area contributed by atoms with E-state index in [-0.39, 0.29) is 6.10 Å². The molecule has 3 heterocycles. The van der Waals surface area contributed by atoms with E-state index in [0.717, 1.165) is 55.0 Å². The number of piperidine rings is 1. The summed E-state index contributed by atoms with van der Waals surface area (Å²) in [7, 11) is 0. The molecule has 0 spiro atoms. The van der Waals surface area contributed by atoms with E-state index in [0.29, 0.717) is 0 Å². The molecular weight excluding hydrogens is 320 g/mol. The molecule has 0 bridgehead atoms. The van der Waals surface area contributed by atoms with Crippen LogP contribution in [0.1, 0.15) is 25.5 Å². The number of aliphatic hydroxyl groups is 1. The fraction of sp³-hybridized carbons (Fsp3) is 0.556. The highest BCUT2D eigenvalue weighted by atomic mass is 32.1. The summed E-state index contributed by atoms with van der Waals surface area (Å²) in [5, 5.41) is 16.1. The maximum Gasteiger partial charge on any atom is 0.142 e. The van der Waals surface area contributed by atoms with Crippen LogP contribution in [-0.4, -0.2) is 52.3 Å². The number of rotatable bonds is 7. The number of thiazole rings is 1. The van der Waals surface area contributed by atoms with Crippen LogP contribution in [0.4, 0.5) is 0 Å². The Balaban J connectivity index is 1.39. The van der Waals surface area contributed by atoms with E-state index in [1.807, 2.05) is 25.1 Å². The Hall–Kier alpha value is -1.34. The van der Waals surface area contributed by atoms with Crippen molar-refractivity contribution in [3.63, 3.8) is 0 Å². The van der Waals surface area contributed by atoms with E-state index in [9.17, 15) is 5.11 Å². The van der Waals surface area contributed by atoms with Crippen molar-refractivity contribution in [2.24, 2.45) is 5.92 Å². The Morgan fingerprint density at radius 3 is 2.92 bits per heavy atom. The molecule has 1 saturated heterocycles. The minimum Gasteiger partial charge on any atom is -0.392 e. The summed E-state index contributed by atoms with van der Waals surface area (Å²) < 4.78 is 0. The van der Waals surface area contributed by atoms with Crippen LogP contribution in [0.2, 0.25) is 0 Å². The minimum atomic E-state index is -0.224. The number of nitrogens with one attached hydrogen (secondary N) is 1. The van der Waals surface area contributed by atoms with E-state index in [2.05, 4.69) is 25.6 Å². The molecule has 0 saturated carbocycles. The lowest BCUT2D eigenvalue weighted by atomic mass is 9.96. The first-order chi connectivity index (χ1) is 11.7. The highest BCUT2D eigenvalue weighted by molar-refractivity contribution is 7.13. The van der Waals surface area contributed by atoms with Gasteiger partial charge in [-0.25, -0.2) is 4.98 Å². The van der Waals surface area contributed by atoms with Gasteiger partial charge in [0.1, 0.15) is 5.01 Å². The summed E-state index contributed by atoms with van der Waals surface area (Å²) in [6, 6.07) is 5.91. The van der Waals surface area contributed by atoms with Crippen LogP contribution in [-0.2, 0) is 6.54 Å². The lowest BCUT2D eigenvalue weighted by Crippen LogP contribution is -2.40. The number of aromatic nitrogens is 2. The third-order valence-electron chi connectivity index (χ3n) is 4.40. The molecule has 0 radical (unpaired) electrons. The first kappa shape index (κ1) is 17.5. The molecule has 0 unspecified atom stereocenters. The predicted molar refractivity (Wildman–Crippen MR) is 97.9 cm³/mol.